The van der Waals surface area contributed by atoms with Gasteiger partial charge in [-0.2, -0.15) is 10.2 Å². The number of H-pyrrole nitrogens is 1. The molecule has 3 aromatic rings. The maximum atomic E-state index is 13.0. The number of benzene rings is 1. The van der Waals surface area contributed by atoms with Crippen molar-refractivity contribution in [2.45, 2.75) is 33.4 Å². The number of hydrogen-bond donors (Lipinski definition) is 1. The van der Waals surface area contributed by atoms with Gasteiger partial charge in [0.05, 0.1) is 12.6 Å². The minimum Gasteiger partial charge on any atom is -0.325 e. The second-order valence-electron chi connectivity index (χ2n) is 7.01. The Morgan fingerprint density at radius 1 is 1.23 bits per heavy atom. The van der Waals surface area contributed by atoms with Gasteiger partial charge in [-0.15, -0.1) is 0 Å². The summed E-state index contributed by atoms with van der Waals surface area (Å²) in [5.41, 5.74) is 2.31. The number of aromatic nitrogens is 5. The monoisotopic (exact) mass is 350 g/mol. The summed E-state index contributed by atoms with van der Waals surface area (Å²) >= 11 is 0. The van der Waals surface area contributed by atoms with E-state index in [4.69, 9.17) is 4.98 Å². The van der Waals surface area contributed by atoms with E-state index in [9.17, 15) is 4.79 Å². The third-order valence-electron chi connectivity index (χ3n) is 4.70. The van der Waals surface area contributed by atoms with Crippen molar-refractivity contribution in [1.29, 1.82) is 0 Å². The molecule has 1 amide bonds. The average Bonchev–Trinajstić information content (AvgIpc) is 3.27. The Morgan fingerprint density at radius 3 is 2.65 bits per heavy atom. The number of aromatic amines is 1. The first kappa shape index (κ1) is 16.5. The molecule has 0 bridgehead atoms. The Kier molecular flexibility index (Phi) is 4.06. The number of carbonyl (C=O) groups is 1. The first-order valence-electron chi connectivity index (χ1n) is 8.87. The number of hydrogen-bond acceptors (Lipinski definition) is 4. The molecule has 1 aromatic carbocycles. The summed E-state index contributed by atoms with van der Waals surface area (Å²) in [6.07, 6.45) is 0. The van der Waals surface area contributed by atoms with Gasteiger partial charge >= 0.3 is 0 Å². The molecular formula is C19H22N6O. The van der Waals surface area contributed by atoms with Gasteiger partial charge in [-0.1, -0.05) is 44.2 Å². The van der Waals surface area contributed by atoms with Crippen LogP contribution in [0.25, 0.3) is 11.4 Å². The highest BCUT2D eigenvalue weighted by molar-refractivity contribution is 5.92. The van der Waals surface area contributed by atoms with Crippen LogP contribution in [0.2, 0.25) is 0 Å². The van der Waals surface area contributed by atoms with E-state index in [1.165, 1.54) is 0 Å². The molecule has 1 atom stereocenters. The summed E-state index contributed by atoms with van der Waals surface area (Å²) in [6.45, 7) is 7.33. The summed E-state index contributed by atoms with van der Waals surface area (Å²) < 4.78 is 1.94. The number of aryl methyl sites for hydroxylation is 1. The van der Waals surface area contributed by atoms with E-state index < -0.39 is 0 Å². The molecule has 0 aliphatic carbocycles. The maximum Gasteiger partial charge on any atom is 0.275 e. The predicted molar refractivity (Wildman–Crippen MR) is 97.4 cm³/mol. The van der Waals surface area contributed by atoms with Crippen LogP contribution in [0.3, 0.4) is 0 Å². The SMILES string of the molecule is Cc1cc(C(=O)N2CCn3nc(-c4ccccc4)nc3[C@@H]2C(C)C)n[nH]1. The van der Waals surface area contributed by atoms with Gasteiger partial charge < -0.3 is 4.90 Å². The minimum absolute atomic E-state index is 0.0661. The number of amides is 1. The lowest BCUT2D eigenvalue weighted by atomic mass is 9.99. The zero-order chi connectivity index (χ0) is 18.3. The van der Waals surface area contributed by atoms with Gasteiger partial charge in [-0.3, -0.25) is 9.89 Å². The molecule has 26 heavy (non-hydrogen) atoms. The summed E-state index contributed by atoms with van der Waals surface area (Å²) in [4.78, 5) is 19.7. The Bertz CT molecular complexity index is 927. The molecule has 1 N–H and O–H groups in total. The van der Waals surface area contributed by atoms with Crippen LogP contribution in [0.15, 0.2) is 36.4 Å². The van der Waals surface area contributed by atoms with E-state index in [1.807, 2.05) is 46.8 Å². The van der Waals surface area contributed by atoms with Gasteiger partial charge in [0.25, 0.3) is 5.91 Å². The zero-order valence-electron chi connectivity index (χ0n) is 15.2. The van der Waals surface area contributed by atoms with E-state index >= 15 is 0 Å². The smallest absolute Gasteiger partial charge is 0.275 e. The Labute approximate surface area is 152 Å². The van der Waals surface area contributed by atoms with Crippen molar-refractivity contribution in [3.8, 4) is 11.4 Å². The molecule has 7 heteroatoms. The molecule has 7 nitrogen and oxygen atoms in total. The second-order valence-corrected chi connectivity index (χ2v) is 7.01. The predicted octanol–water partition coefficient (Wildman–Crippen LogP) is 2.83. The molecule has 0 saturated carbocycles. The summed E-state index contributed by atoms with van der Waals surface area (Å²) in [5.74, 6) is 1.69. The molecule has 0 unspecified atom stereocenters. The van der Waals surface area contributed by atoms with Crippen LogP contribution in [0.4, 0.5) is 0 Å². The van der Waals surface area contributed by atoms with Crippen LogP contribution >= 0.6 is 0 Å². The highest BCUT2D eigenvalue weighted by atomic mass is 16.2. The van der Waals surface area contributed by atoms with Crippen molar-refractivity contribution in [1.82, 2.24) is 29.9 Å². The Morgan fingerprint density at radius 2 is 2.00 bits per heavy atom. The van der Waals surface area contributed by atoms with Crippen LogP contribution in [0, 0.1) is 12.8 Å². The van der Waals surface area contributed by atoms with Gasteiger partial charge in [0, 0.05) is 17.8 Å². The van der Waals surface area contributed by atoms with Crippen molar-refractivity contribution in [3.05, 3.63) is 53.6 Å². The number of nitrogens with zero attached hydrogens (tertiary/aromatic N) is 5. The van der Waals surface area contributed by atoms with Gasteiger partial charge in [0.15, 0.2) is 11.6 Å². The van der Waals surface area contributed by atoms with Crippen molar-refractivity contribution < 1.29 is 4.79 Å². The molecular weight excluding hydrogens is 328 g/mol. The summed E-state index contributed by atoms with van der Waals surface area (Å²) in [5, 5.41) is 11.7. The minimum atomic E-state index is -0.127. The molecule has 2 aromatic heterocycles. The van der Waals surface area contributed by atoms with Gasteiger partial charge in [-0.25, -0.2) is 9.67 Å². The largest absolute Gasteiger partial charge is 0.325 e. The van der Waals surface area contributed by atoms with Crippen molar-refractivity contribution in [3.63, 3.8) is 0 Å². The highest BCUT2D eigenvalue weighted by Gasteiger charge is 2.37. The lowest BCUT2D eigenvalue weighted by Crippen LogP contribution is -2.44. The molecule has 1 aliphatic rings. The molecule has 0 fully saturated rings. The number of carbonyl (C=O) groups excluding carboxylic acids is 1. The first-order valence-corrected chi connectivity index (χ1v) is 8.87. The van der Waals surface area contributed by atoms with Crippen molar-refractivity contribution in [2.75, 3.05) is 6.54 Å². The fraction of sp³-hybridized carbons (Fsp3) is 0.368. The molecule has 134 valence electrons. The molecule has 4 rings (SSSR count). The fourth-order valence-corrected chi connectivity index (χ4v) is 3.49. The van der Waals surface area contributed by atoms with Crippen LogP contribution < -0.4 is 0 Å². The lowest BCUT2D eigenvalue weighted by Gasteiger charge is -2.37. The van der Waals surface area contributed by atoms with Crippen LogP contribution in [-0.2, 0) is 6.54 Å². The molecule has 0 saturated heterocycles. The van der Waals surface area contributed by atoms with E-state index in [0.29, 0.717) is 24.6 Å². The van der Waals surface area contributed by atoms with E-state index in [2.05, 4.69) is 29.1 Å². The fourth-order valence-electron chi connectivity index (χ4n) is 3.49. The quantitative estimate of drug-likeness (QED) is 0.788. The van der Waals surface area contributed by atoms with Gasteiger partial charge in [0.1, 0.15) is 5.69 Å². The molecule has 3 heterocycles. The van der Waals surface area contributed by atoms with Gasteiger partial charge in [-0.05, 0) is 18.9 Å². The molecule has 1 aliphatic heterocycles. The Balaban J connectivity index is 1.71. The standard InChI is InChI=1S/C19H22N6O/c1-12(2)16-18-20-17(14-7-5-4-6-8-14)23-25(18)10-9-24(16)19(26)15-11-13(3)21-22-15/h4-8,11-12,16H,9-10H2,1-3H3,(H,21,22)/t16-/m0/s1. The maximum absolute atomic E-state index is 13.0. The first-order chi connectivity index (χ1) is 12.5. The van der Waals surface area contributed by atoms with E-state index in [-0.39, 0.29) is 17.9 Å². The summed E-state index contributed by atoms with van der Waals surface area (Å²) in [7, 11) is 0. The van der Waals surface area contributed by atoms with Gasteiger partial charge in [0.2, 0.25) is 0 Å². The highest BCUT2D eigenvalue weighted by Crippen LogP contribution is 2.33. The van der Waals surface area contributed by atoms with Crippen LogP contribution in [0.1, 0.15) is 41.9 Å². The third kappa shape index (κ3) is 2.79. The number of rotatable bonds is 3. The molecule has 0 spiro atoms. The van der Waals surface area contributed by atoms with Crippen molar-refractivity contribution in [2.24, 2.45) is 5.92 Å². The normalized spacial score (nSPS) is 16.8. The number of fused-ring (bicyclic) bond motifs is 1. The topological polar surface area (TPSA) is 79.7 Å². The van der Waals surface area contributed by atoms with E-state index in [0.717, 1.165) is 17.1 Å². The Hall–Kier alpha value is -2.96. The number of nitrogens with one attached hydrogen (secondary N) is 1. The lowest BCUT2D eigenvalue weighted by molar-refractivity contribution is 0.0531. The summed E-state index contributed by atoms with van der Waals surface area (Å²) in [6, 6.07) is 11.6. The van der Waals surface area contributed by atoms with Crippen molar-refractivity contribution >= 4 is 5.91 Å². The third-order valence-corrected chi connectivity index (χ3v) is 4.70. The molecule has 0 radical (unpaired) electrons. The van der Waals surface area contributed by atoms with Crippen LogP contribution in [-0.4, -0.2) is 42.3 Å². The zero-order valence-corrected chi connectivity index (χ0v) is 15.2. The van der Waals surface area contributed by atoms with Crippen LogP contribution in [0.5, 0.6) is 0 Å². The second kappa shape index (κ2) is 6.40. The van der Waals surface area contributed by atoms with E-state index in [1.54, 1.807) is 6.07 Å². The average molecular weight is 350 g/mol.